The lowest BCUT2D eigenvalue weighted by molar-refractivity contribution is -0.141. The second-order valence-electron chi connectivity index (χ2n) is 2.86. The second-order valence-corrected chi connectivity index (χ2v) is 2.86. The van der Waals surface area contributed by atoms with Crippen LogP contribution in [-0.4, -0.2) is 29.6 Å². The van der Waals surface area contributed by atoms with Crippen LogP contribution in [0.3, 0.4) is 0 Å². The molecule has 0 aromatic carbocycles. The van der Waals surface area contributed by atoms with Gasteiger partial charge in [-0.1, -0.05) is 6.58 Å². The Balaban J connectivity index is 4.16. The molecule has 6 nitrogen and oxygen atoms in total. The molecule has 0 rings (SSSR count). The first-order chi connectivity index (χ1) is 6.47. The lowest BCUT2D eigenvalue weighted by Gasteiger charge is -2.13. The molecule has 0 saturated carbocycles. The van der Waals surface area contributed by atoms with Crippen molar-refractivity contribution in [2.45, 2.75) is 18.9 Å². The van der Waals surface area contributed by atoms with Gasteiger partial charge < -0.3 is 21.9 Å². The average Bonchev–Trinajstić information content (AvgIpc) is 2.02. The fraction of sp³-hybridized carbons (Fsp3) is 0.500. The highest BCUT2D eigenvalue weighted by Gasteiger charge is 2.19. The minimum absolute atomic E-state index is 0.0195. The van der Waals surface area contributed by atoms with Gasteiger partial charge in [-0.2, -0.15) is 0 Å². The highest BCUT2D eigenvalue weighted by molar-refractivity contribution is 5.83. The molecule has 0 heterocycles. The van der Waals surface area contributed by atoms with Crippen LogP contribution in [0.1, 0.15) is 12.8 Å². The molecule has 0 saturated heterocycles. The van der Waals surface area contributed by atoms with Crippen LogP contribution in [0.15, 0.2) is 12.3 Å². The Labute approximate surface area is 82.0 Å². The number of carbonyl (C=O) groups excluding carboxylic acids is 1. The number of carbonyl (C=O) groups is 2. The van der Waals surface area contributed by atoms with E-state index in [1.807, 2.05) is 0 Å². The first-order valence-electron chi connectivity index (χ1n) is 4.13. The number of hydrogen-bond acceptors (Lipinski definition) is 4. The molecule has 1 unspecified atom stereocenters. The zero-order chi connectivity index (χ0) is 11.1. The zero-order valence-corrected chi connectivity index (χ0v) is 7.82. The van der Waals surface area contributed by atoms with Crippen LogP contribution < -0.4 is 16.8 Å². The van der Waals surface area contributed by atoms with Crippen LogP contribution in [0.2, 0.25) is 0 Å². The van der Waals surface area contributed by atoms with Gasteiger partial charge in [-0.05, 0) is 0 Å². The quantitative estimate of drug-likeness (QED) is 0.429. The number of amides is 1. The monoisotopic (exact) mass is 201 g/mol. The SMILES string of the molecule is C=C(N)CC(NC(=O)CCN)C(=O)O. The van der Waals surface area contributed by atoms with Crippen molar-refractivity contribution in [3.05, 3.63) is 12.3 Å². The highest BCUT2D eigenvalue weighted by Crippen LogP contribution is 1.98. The lowest BCUT2D eigenvalue weighted by atomic mass is 10.1. The summed E-state index contributed by atoms with van der Waals surface area (Å²) in [5.74, 6) is -1.54. The van der Waals surface area contributed by atoms with Crippen LogP contribution in [-0.2, 0) is 9.59 Å². The van der Waals surface area contributed by atoms with Crippen molar-refractivity contribution in [3.63, 3.8) is 0 Å². The third-order valence-corrected chi connectivity index (χ3v) is 1.47. The summed E-state index contributed by atoms with van der Waals surface area (Å²) in [6.07, 6.45) is 0.118. The third-order valence-electron chi connectivity index (χ3n) is 1.47. The summed E-state index contributed by atoms with van der Waals surface area (Å²) in [5.41, 5.74) is 10.6. The molecule has 0 bridgehead atoms. The van der Waals surface area contributed by atoms with E-state index in [4.69, 9.17) is 16.6 Å². The summed E-state index contributed by atoms with van der Waals surface area (Å²) in [4.78, 5) is 21.6. The maximum atomic E-state index is 11.0. The van der Waals surface area contributed by atoms with Crippen molar-refractivity contribution in [2.24, 2.45) is 11.5 Å². The summed E-state index contributed by atoms with van der Waals surface area (Å²) in [7, 11) is 0. The molecule has 0 aliphatic carbocycles. The zero-order valence-electron chi connectivity index (χ0n) is 7.82. The minimum atomic E-state index is -1.14. The van der Waals surface area contributed by atoms with Crippen LogP contribution >= 0.6 is 0 Å². The van der Waals surface area contributed by atoms with Gasteiger partial charge in [-0.15, -0.1) is 0 Å². The first-order valence-corrected chi connectivity index (χ1v) is 4.13. The predicted octanol–water partition coefficient (Wildman–Crippen LogP) is -1.23. The van der Waals surface area contributed by atoms with Gasteiger partial charge in [0.05, 0.1) is 0 Å². The standard InChI is InChI=1S/C8H15N3O3/c1-5(10)4-6(8(13)14)11-7(12)2-3-9/h6H,1-4,9-10H2,(H,11,12)(H,13,14). The molecule has 1 atom stereocenters. The number of rotatable bonds is 6. The van der Waals surface area contributed by atoms with Crippen LogP contribution in [0, 0.1) is 0 Å². The molecule has 0 aliphatic heterocycles. The van der Waals surface area contributed by atoms with Gasteiger partial charge >= 0.3 is 5.97 Å². The smallest absolute Gasteiger partial charge is 0.326 e. The van der Waals surface area contributed by atoms with E-state index >= 15 is 0 Å². The molecule has 6 N–H and O–H groups in total. The summed E-state index contributed by atoms with van der Waals surface area (Å²) in [6, 6.07) is -1.02. The second kappa shape index (κ2) is 5.98. The summed E-state index contributed by atoms with van der Waals surface area (Å²) in [5, 5.41) is 11.0. The summed E-state index contributed by atoms with van der Waals surface area (Å²) >= 11 is 0. The number of nitrogens with two attached hydrogens (primary N) is 2. The average molecular weight is 201 g/mol. The van der Waals surface area contributed by atoms with E-state index in [1.54, 1.807) is 0 Å². The molecule has 6 heteroatoms. The number of aliphatic carboxylic acids is 1. The predicted molar refractivity (Wildman–Crippen MR) is 51.2 cm³/mol. The first kappa shape index (κ1) is 12.4. The van der Waals surface area contributed by atoms with Gasteiger partial charge in [-0.25, -0.2) is 4.79 Å². The van der Waals surface area contributed by atoms with Crippen molar-refractivity contribution >= 4 is 11.9 Å². The lowest BCUT2D eigenvalue weighted by Crippen LogP contribution is -2.42. The Morgan fingerprint density at radius 3 is 2.43 bits per heavy atom. The molecule has 80 valence electrons. The molecular formula is C8H15N3O3. The van der Waals surface area contributed by atoms with Gasteiger partial charge in [0, 0.05) is 25.1 Å². The van der Waals surface area contributed by atoms with Crippen LogP contribution in [0.25, 0.3) is 0 Å². The maximum Gasteiger partial charge on any atom is 0.326 e. The molecule has 0 aliphatic rings. The number of carboxylic acid groups (broad SMARTS) is 1. The van der Waals surface area contributed by atoms with E-state index in [1.165, 1.54) is 0 Å². The molecular weight excluding hydrogens is 186 g/mol. The Hall–Kier alpha value is -1.56. The van der Waals surface area contributed by atoms with Crippen molar-refractivity contribution in [1.82, 2.24) is 5.32 Å². The number of hydrogen-bond donors (Lipinski definition) is 4. The fourth-order valence-corrected chi connectivity index (χ4v) is 0.860. The van der Waals surface area contributed by atoms with E-state index in [9.17, 15) is 9.59 Å². The molecule has 0 aromatic rings. The summed E-state index contributed by atoms with van der Waals surface area (Å²) in [6.45, 7) is 3.55. The van der Waals surface area contributed by atoms with Crippen molar-refractivity contribution in [1.29, 1.82) is 0 Å². The summed E-state index contributed by atoms with van der Waals surface area (Å²) < 4.78 is 0. The Morgan fingerprint density at radius 2 is 2.07 bits per heavy atom. The molecule has 1 amide bonds. The Morgan fingerprint density at radius 1 is 1.50 bits per heavy atom. The van der Waals surface area contributed by atoms with E-state index < -0.39 is 17.9 Å². The van der Waals surface area contributed by atoms with Crippen molar-refractivity contribution in [3.8, 4) is 0 Å². The Bertz CT molecular complexity index is 240. The third kappa shape index (κ3) is 5.15. The fourth-order valence-electron chi connectivity index (χ4n) is 0.860. The molecule has 0 radical (unpaired) electrons. The highest BCUT2D eigenvalue weighted by atomic mass is 16.4. The molecule has 14 heavy (non-hydrogen) atoms. The molecule has 0 aromatic heterocycles. The van der Waals surface area contributed by atoms with Gasteiger partial charge in [-0.3, -0.25) is 4.79 Å². The molecule has 0 spiro atoms. The van der Waals surface area contributed by atoms with Crippen molar-refractivity contribution in [2.75, 3.05) is 6.54 Å². The normalized spacial score (nSPS) is 11.8. The number of carboxylic acids is 1. The van der Waals surface area contributed by atoms with Crippen molar-refractivity contribution < 1.29 is 14.7 Å². The van der Waals surface area contributed by atoms with E-state index in [0.29, 0.717) is 0 Å². The number of nitrogens with one attached hydrogen (secondary N) is 1. The van der Waals surface area contributed by atoms with Gasteiger partial charge in [0.15, 0.2) is 0 Å². The van der Waals surface area contributed by atoms with Gasteiger partial charge in [0.1, 0.15) is 6.04 Å². The van der Waals surface area contributed by atoms with Gasteiger partial charge in [0.2, 0.25) is 5.91 Å². The minimum Gasteiger partial charge on any atom is -0.480 e. The largest absolute Gasteiger partial charge is 0.480 e. The maximum absolute atomic E-state index is 11.0. The van der Waals surface area contributed by atoms with Crippen LogP contribution in [0.4, 0.5) is 0 Å². The molecule has 0 fully saturated rings. The topological polar surface area (TPSA) is 118 Å². The van der Waals surface area contributed by atoms with E-state index in [2.05, 4.69) is 11.9 Å². The van der Waals surface area contributed by atoms with Crippen LogP contribution in [0.5, 0.6) is 0 Å². The van der Waals surface area contributed by atoms with Gasteiger partial charge in [0.25, 0.3) is 0 Å². The van der Waals surface area contributed by atoms with E-state index in [-0.39, 0.29) is 25.1 Å². The Kier molecular flexibility index (Phi) is 5.31. The van der Waals surface area contributed by atoms with E-state index in [0.717, 1.165) is 0 Å².